The number of benzene rings is 2. The highest BCUT2D eigenvalue weighted by atomic mass is 16.5. The van der Waals surface area contributed by atoms with E-state index in [4.69, 9.17) is 4.74 Å². The summed E-state index contributed by atoms with van der Waals surface area (Å²) < 4.78 is 5.46. The fourth-order valence-electron chi connectivity index (χ4n) is 2.97. The van der Waals surface area contributed by atoms with Crippen LogP contribution in [-0.2, 0) is 4.79 Å². The second-order valence-electron chi connectivity index (χ2n) is 6.24. The van der Waals surface area contributed by atoms with Crippen molar-refractivity contribution in [3.05, 3.63) is 65.7 Å². The minimum atomic E-state index is -0.319. The number of carbonyl (C=O) groups excluding carboxylic acids is 2. The first-order chi connectivity index (χ1) is 12.1. The fourth-order valence-corrected chi connectivity index (χ4v) is 2.97. The molecule has 130 valence electrons. The van der Waals surface area contributed by atoms with Crippen molar-refractivity contribution >= 4 is 11.7 Å². The third kappa shape index (κ3) is 4.67. The second kappa shape index (κ2) is 7.94. The van der Waals surface area contributed by atoms with E-state index in [1.54, 1.807) is 36.4 Å². The average Bonchev–Trinajstić information content (AvgIpc) is 3.05. The van der Waals surface area contributed by atoms with Gasteiger partial charge in [0.05, 0.1) is 6.10 Å². The smallest absolute Gasteiger partial charge is 0.258 e. The van der Waals surface area contributed by atoms with Crippen molar-refractivity contribution in [1.29, 1.82) is 0 Å². The third-order valence-corrected chi connectivity index (χ3v) is 4.29. The summed E-state index contributed by atoms with van der Waals surface area (Å²) in [6.45, 7) is -0.0847. The van der Waals surface area contributed by atoms with Gasteiger partial charge in [0.1, 0.15) is 5.75 Å². The lowest BCUT2D eigenvalue weighted by atomic mass is 10.0. The monoisotopic (exact) mass is 339 g/mol. The normalized spacial score (nSPS) is 19.4. The van der Waals surface area contributed by atoms with Gasteiger partial charge in [0.15, 0.2) is 12.4 Å². The Balaban J connectivity index is 1.51. The maximum atomic E-state index is 12.3. The van der Waals surface area contributed by atoms with Crippen LogP contribution >= 0.6 is 0 Å². The zero-order chi connectivity index (χ0) is 17.6. The number of amides is 1. The predicted molar refractivity (Wildman–Crippen MR) is 93.6 cm³/mol. The van der Waals surface area contributed by atoms with E-state index in [1.807, 2.05) is 18.2 Å². The highest BCUT2D eigenvalue weighted by molar-refractivity contribution is 6.08. The zero-order valence-electron chi connectivity index (χ0n) is 13.9. The average molecular weight is 339 g/mol. The Bertz CT molecular complexity index is 727. The quantitative estimate of drug-likeness (QED) is 0.792. The molecular formula is C20H21NO4. The summed E-state index contributed by atoms with van der Waals surface area (Å²) in [5, 5.41) is 12.3. The third-order valence-electron chi connectivity index (χ3n) is 4.29. The molecule has 3 rings (SSSR count). The van der Waals surface area contributed by atoms with E-state index >= 15 is 0 Å². The molecule has 0 aliphatic heterocycles. The van der Waals surface area contributed by atoms with Crippen molar-refractivity contribution in [3.8, 4) is 5.75 Å². The number of ketones is 1. The predicted octanol–water partition coefficient (Wildman–Crippen LogP) is 2.33. The highest BCUT2D eigenvalue weighted by Gasteiger charge is 2.24. The molecule has 2 atom stereocenters. The zero-order valence-corrected chi connectivity index (χ0v) is 13.9. The van der Waals surface area contributed by atoms with E-state index in [1.165, 1.54) is 0 Å². The first kappa shape index (κ1) is 17.2. The molecule has 1 aliphatic carbocycles. The van der Waals surface area contributed by atoms with Gasteiger partial charge in [-0.3, -0.25) is 9.59 Å². The lowest BCUT2D eigenvalue weighted by molar-refractivity contribution is -0.123. The molecule has 2 N–H and O–H groups in total. The molecular weight excluding hydrogens is 318 g/mol. The summed E-state index contributed by atoms with van der Waals surface area (Å²) in [5.41, 5.74) is 1.21. The maximum absolute atomic E-state index is 12.3. The Hall–Kier alpha value is -2.66. The SMILES string of the molecule is O=C(COc1ccc(C(=O)c2ccccc2)cc1)N[C@H]1CC[C@@H](O)C1. The van der Waals surface area contributed by atoms with E-state index in [0.29, 0.717) is 23.3 Å². The number of hydrogen-bond acceptors (Lipinski definition) is 4. The molecule has 2 aromatic rings. The van der Waals surface area contributed by atoms with Gasteiger partial charge < -0.3 is 15.2 Å². The summed E-state index contributed by atoms with van der Waals surface area (Å²) >= 11 is 0. The van der Waals surface area contributed by atoms with Crippen LogP contribution in [0.3, 0.4) is 0 Å². The van der Waals surface area contributed by atoms with Crippen molar-refractivity contribution < 1.29 is 19.4 Å². The van der Waals surface area contributed by atoms with Gasteiger partial charge in [-0.1, -0.05) is 30.3 Å². The van der Waals surface area contributed by atoms with Crippen molar-refractivity contribution in [1.82, 2.24) is 5.32 Å². The maximum Gasteiger partial charge on any atom is 0.258 e. The van der Waals surface area contributed by atoms with Crippen molar-refractivity contribution in [3.63, 3.8) is 0 Å². The number of carbonyl (C=O) groups is 2. The van der Waals surface area contributed by atoms with Crippen LogP contribution in [0.4, 0.5) is 0 Å². The van der Waals surface area contributed by atoms with E-state index in [-0.39, 0.29) is 30.4 Å². The van der Waals surface area contributed by atoms with Gasteiger partial charge in [-0.2, -0.15) is 0 Å². The van der Waals surface area contributed by atoms with Gasteiger partial charge in [0.2, 0.25) is 0 Å². The first-order valence-electron chi connectivity index (χ1n) is 8.42. The molecule has 0 aromatic heterocycles. The van der Waals surface area contributed by atoms with Crippen LogP contribution in [0, 0.1) is 0 Å². The molecule has 0 spiro atoms. The van der Waals surface area contributed by atoms with E-state index in [0.717, 1.165) is 12.8 Å². The number of aliphatic hydroxyl groups excluding tert-OH is 1. The Morgan fingerprint density at radius 3 is 2.32 bits per heavy atom. The summed E-state index contributed by atoms with van der Waals surface area (Å²) in [6.07, 6.45) is 1.80. The van der Waals surface area contributed by atoms with Crippen LogP contribution in [-0.4, -0.2) is 35.5 Å². The van der Waals surface area contributed by atoms with Gasteiger partial charge in [-0.05, 0) is 43.5 Å². The molecule has 0 heterocycles. The first-order valence-corrected chi connectivity index (χ1v) is 8.42. The summed E-state index contributed by atoms with van der Waals surface area (Å²) in [7, 11) is 0. The standard InChI is InChI=1S/C20H21NO4/c22-17-9-8-16(12-17)21-19(23)13-25-18-10-6-15(7-11-18)20(24)14-4-2-1-3-5-14/h1-7,10-11,16-17,22H,8-9,12-13H2,(H,21,23)/t16-,17+/m0/s1. The minimum Gasteiger partial charge on any atom is -0.484 e. The molecule has 1 fully saturated rings. The van der Waals surface area contributed by atoms with Crippen LogP contribution in [0.15, 0.2) is 54.6 Å². The van der Waals surface area contributed by atoms with Crippen LogP contribution in [0.2, 0.25) is 0 Å². The van der Waals surface area contributed by atoms with E-state index in [9.17, 15) is 14.7 Å². The lowest BCUT2D eigenvalue weighted by Gasteiger charge is -2.13. The number of rotatable bonds is 6. The van der Waals surface area contributed by atoms with Crippen molar-refractivity contribution in [2.45, 2.75) is 31.4 Å². The fraction of sp³-hybridized carbons (Fsp3) is 0.300. The molecule has 1 amide bonds. The Labute approximate surface area is 146 Å². The minimum absolute atomic E-state index is 0.0250. The van der Waals surface area contributed by atoms with Gasteiger partial charge in [0.25, 0.3) is 5.91 Å². The molecule has 2 aromatic carbocycles. The van der Waals surface area contributed by atoms with Gasteiger partial charge in [-0.25, -0.2) is 0 Å². The molecule has 5 heteroatoms. The lowest BCUT2D eigenvalue weighted by Crippen LogP contribution is -2.36. The van der Waals surface area contributed by atoms with Crippen LogP contribution in [0.5, 0.6) is 5.75 Å². The Morgan fingerprint density at radius 1 is 1.00 bits per heavy atom. The van der Waals surface area contributed by atoms with Crippen LogP contribution in [0.1, 0.15) is 35.2 Å². The molecule has 1 saturated carbocycles. The van der Waals surface area contributed by atoms with Gasteiger partial charge in [0, 0.05) is 17.2 Å². The summed E-state index contributed by atoms with van der Waals surface area (Å²) in [6, 6.07) is 15.8. The summed E-state index contributed by atoms with van der Waals surface area (Å²) in [5.74, 6) is 0.277. The molecule has 1 aliphatic rings. The van der Waals surface area contributed by atoms with E-state index in [2.05, 4.69) is 5.32 Å². The van der Waals surface area contributed by atoms with Crippen molar-refractivity contribution in [2.24, 2.45) is 0 Å². The molecule has 5 nitrogen and oxygen atoms in total. The van der Waals surface area contributed by atoms with Crippen LogP contribution in [0.25, 0.3) is 0 Å². The highest BCUT2D eigenvalue weighted by Crippen LogP contribution is 2.19. The molecule has 0 bridgehead atoms. The molecule has 0 radical (unpaired) electrons. The summed E-state index contributed by atoms with van der Waals surface area (Å²) in [4.78, 5) is 24.2. The van der Waals surface area contributed by atoms with E-state index < -0.39 is 0 Å². The van der Waals surface area contributed by atoms with Gasteiger partial charge >= 0.3 is 0 Å². The largest absolute Gasteiger partial charge is 0.484 e. The van der Waals surface area contributed by atoms with Crippen molar-refractivity contribution in [2.75, 3.05) is 6.61 Å². The number of ether oxygens (including phenoxy) is 1. The number of nitrogens with one attached hydrogen (secondary N) is 1. The second-order valence-corrected chi connectivity index (χ2v) is 6.24. The number of hydrogen-bond donors (Lipinski definition) is 2. The molecule has 0 unspecified atom stereocenters. The Morgan fingerprint density at radius 2 is 1.68 bits per heavy atom. The van der Waals surface area contributed by atoms with Gasteiger partial charge in [-0.15, -0.1) is 0 Å². The van der Waals surface area contributed by atoms with Crippen LogP contribution < -0.4 is 10.1 Å². The number of aliphatic hydroxyl groups is 1. The Kier molecular flexibility index (Phi) is 5.46. The molecule has 0 saturated heterocycles. The topological polar surface area (TPSA) is 75.6 Å². The molecule has 25 heavy (non-hydrogen) atoms.